The van der Waals surface area contributed by atoms with E-state index in [1.807, 2.05) is 0 Å². The van der Waals surface area contributed by atoms with Gasteiger partial charge in [0.1, 0.15) is 6.33 Å². The number of aromatic nitrogens is 4. The lowest BCUT2D eigenvalue weighted by Gasteiger charge is -2.24. The van der Waals surface area contributed by atoms with Crippen molar-refractivity contribution in [3.05, 3.63) is 6.33 Å². The molecule has 8 nitrogen and oxygen atoms in total. The fraction of sp³-hybridized carbons (Fsp3) is 0.545. The molecule has 1 aliphatic heterocycles. The van der Waals surface area contributed by atoms with Gasteiger partial charge in [-0.3, -0.25) is 4.57 Å². The number of imidazole rings is 1. The second kappa shape index (κ2) is 4.58. The molecule has 20 heavy (non-hydrogen) atoms. The van der Waals surface area contributed by atoms with Crippen LogP contribution in [-0.4, -0.2) is 46.6 Å². The van der Waals surface area contributed by atoms with Crippen LogP contribution in [0.2, 0.25) is 0 Å². The summed E-state index contributed by atoms with van der Waals surface area (Å²) in [5.41, 5.74) is 6.89. The van der Waals surface area contributed by atoms with Gasteiger partial charge < -0.3 is 10.5 Å². The van der Waals surface area contributed by atoms with E-state index in [1.54, 1.807) is 4.57 Å². The van der Waals surface area contributed by atoms with Crippen LogP contribution in [0.25, 0.3) is 11.2 Å². The van der Waals surface area contributed by atoms with Gasteiger partial charge in [0.05, 0.1) is 24.7 Å². The van der Waals surface area contributed by atoms with Gasteiger partial charge in [-0.15, -0.1) is 0 Å². The van der Waals surface area contributed by atoms with E-state index in [0.29, 0.717) is 23.5 Å². The van der Waals surface area contributed by atoms with Crippen LogP contribution in [0.1, 0.15) is 18.9 Å². The van der Waals surface area contributed by atoms with Crippen LogP contribution in [-0.2, 0) is 9.84 Å². The van der Waals surface area contributed by atoms with Crippen LogP contribution in [0, 0.1) is 0 Å². The molecule has 9 heteroatoms. The molecule has 0 bridgehead atoms. The number of hydrogen-bond donors (Lipinski definition) is 1. The van der Waals surface area contributed by atoms with Gasteiger partial charge in [-0.05, 0) is 12.8 Å². The Balaban J connectivity index is 2.14. The van der Waals surface area contributed by atoms with E-state index >= 15 is 0 Å². The topological polar surface area (TPSA) is 113 Å². The molecule has 1 unspecified atom stereocenters. The summed E-state index contributed by atoms with van der Waals surface area (Å²) in [5, 5.41) is 0. The Morgan fingerprint density at radius 3 is 2.95 bits per heavy atom. The average Bonchev–Trinajstić information content (AvgIpc) is 2.73. The van der Waals surface area contributed by atoms with Gasteiger partial charge in [-0.25, -0.2) is 18.4 Å². The molecule has 2 N–H and O–H groups in total. The van der Waals surface area contributed by atoms with Crippen molar-refractivity contribution in [1.29, 1.82) is 0 Å². The fourth-order valence-electron chi connectivity index (χ4n) is 2.62. The Hall–Kier alpha value is -1.90. The van der Waals surface area contributed by atoms with E-state index in [1.165, 1.54) is 13.4 Å². The first-order chi connectivity index (χ1) is 9.52. The zero-order valence-corrected chi connectivity index (χ0v) is 11.8. The highest BCUT2D eigenvalue weighted by atomic mass is 32.2. The highest BCUT2D eigenvalue weighted by molar-refractivity contribution is 7.91. The standard InChI is InChI=1S/C11H15N5O3S/c1-19-10-8-9(13-6-14-10)16(11(12)15-8)7-3-2-4-20(17,18)5-7/h6-7H,2-5H2,1H3,(H2,12,15). The average molecular weight is 297 g/mol. The fourth-order valence-corrected chi connectivity index (χ4v) is 4.29. The molecule has 0 spiro atoms. The van der Waals surface area contributed by atoms with E-state index in [-0.39, 0.29) is 23.5 Å². The third kappa shape index (κ3) is 2.07. The van der Waals surface area contributed by atoms with Crippen LogP contribution in [0.15, 0.2) is 6.33 Å². The van der Waals surface area contributed by atoms with Crippen molar-refractivity contribution in [3.63, 3.8) is 0 Å². The van der Waals surface area contributed by atoms with Crippen molar-refractivity contribution in [1.82, 2.24) is 19.5 Å². The first-order valence-electron chi connectivity index (χ1n) is 6.24. The SMILES string of the molecule is COc1ncnc2c1nc(N)n2C1CCCS(=O)(=O)C1. The molecule has 0 radical (unpaired) electrons. The van der Waals surface area contributed by atoms with Crippen molar-refractivity contribution in [3.8, 4) is 5.88 Å². The summed E-state index contributed by atoms with van der Waals surface area (Å²) in [6.07, 6.45) is 2.71. The smallest absolute Gasteiger partial charge is 0.245 e. The lowest BCUT2D eigenvalue weighted by atomic mass is 10.2. The Bertz CT molecular complexity index is 755. The summed E-state index contributed by atoms with van der Waals surface area (Å²) in [6, 6.07) is -0.238. The normalized spacial score (nSPS) is 21.9. The molecule has 0 aromatic carbocycles. The number of methoxy groups -OCH3 is 1. The highest BCUT2D eigenvalue weighted by Crippen LogP contribution is 2.31. The predicted molar refractivity (Wildman–Crippen MR) is 73.2 cm³/mol. The number of nitrogen functional groups attached to an aromatic ring is 1. The van der Waals surface area contributed by atoms with Crippen molar-refractivity contribution in [2.45, 2.75) is 18.9 Å². The number of sulfone groups is 1. The number of hydrogen-bond acceptors (Lipinski definition) is 7. The maximum atomic E-state index is 11.8. The number of nitrogens with zero attached hydrogens (tertiary/aromatic N) is 4. The van der Waals surface area contributed by atoms with E-state index in [2.05, 4.69) is 15.0 Å². The van der Waals surface area contributed by atoms with Crippen LogP contribution < -0.4 is 10.5 Å². The summed E-state index contributed by atoms with van der Waals surface area (Å²) < 4.78 is 30.4. The van der Waals surface area contributed by atoms with Crippen LogP contribution >= 0.6 is 0 Å². The van der Waals surface area contributed by atoms with E-state index in [4.69, 9.17) is 10.5 Å². The van der Waals surface area contributed by atoms with Gasteiger partial charge in [0, 0.05) is 0 Å². The number of rotatable bonds is 2. The highest BCUT2D eigenvalue weighted by Gasteiger charge is 2.29. The Morgan fingerprint density at radius 2 is 2.25 bits per heavy atom. The Morgan fingerprint density at radius 1 is 1.45 bits per heavy atom. The van der Waals surface area contributed by atoms with Crippen molar-refractivity contribution in [2.75, 3.05) is 24.3 Å². The summed E-state index contributed by atoms with van der Waals surface area (Å²) in [4.78, 5) is 12.3. The lowest BCUT2D eigenvalue weighted by molar-refractivity contribution is 0.401. The predicted octanol–water partition coefficient (Wildman–Crippen LogP) is 0.167. The quantitative estimate of drug-likeness (QED) is 0.840. The van der Waals surface area contributed by atoms with Crippen LogP contribution in [0.4, 0.5) is 5.95 Å². The van der Waals surface area contributed by atoms with Crippen molar-refractivity contribution >= 4 is 26.9 Å². The zero-order chi connectivity index (χ0) is 14.3. The Kier molecular flexibility index (Phi) is 3.00. The summed E-state index contributed by atoms with van der Waals surface area (Å²) in [5.74, 6) is 0.864. The molecular formula is C11H15N5O3S. The molecule has 0 saturated carbocycles. The molecule has 0 amide bonds. The third-order valence-electron chi connectivity index (χ3n) is 3.47. The third-order valence-corrected chi connectivity index (χ3v) is 5.27. The number of anilines is 1. The molecule has 108 valence electrons. The van der Waals surface area contributed by atoms with Crippen LogP contribution in [0.3, 0.4) is 0 Å². The molecule has 0 aliphatic carbocycles. The van der Waals surface area contributed by atoms with Gasteiger partial charge in [0.25, 0.3) is 0 Å². The van der Waals surface area contributed by atoms with Gasteiger partial charge >= 0.3 is 0 Å². The summed E-state index contributed by atoms with van der Waals surface area (Å²) >= 11 is 0. The van der Waals surface area contributed by atoms with Gasteiger partial charge in [0.15, 0.2) is 21.0 Å². The molecule has 1 aliphatic rings. The largest absolute Gasteiger partial charge is 0.479 e. The van der Waals surface area contributed by atoms with Gasteiger partial charge in [0.2, 0.25) is 11.8 Å². The van der Waals surface area contributed by atoms with E-state index < -0.39 is 9.84 Å². The Labute approximate surface area is 115 Å². The minimum atomic E-state index is -3.04. The maximum absolute atomic E-state index is 11.8. The monoisotopic (exact) mass is 297 g/mol. The van der Waals surface area contributed by atoms with Crippen molar-refractivity contribution in [2.24, 2.45) is 0 Å². The second-order valence-electron chi connectivity index (χ2n) is 4.81. The molecule has 3 heterocycles. The lowest BCUT2D eigenvalue weighted by Crippen LogP contribution is -2.28. The van der Waals surface area contributed by atoms with E-state index in [9.17, 15) is 8.42 Å². The first kappa shape index (κ1) is 13.1. The second-order valence-corrected chi connectivity index (χ2v) is 7.03. The minimum absolute atomic E-state index is 0.0645. The molecule has 1 fully saturated rings. The molecule has 1 saturated heterocycles. The summed E-state index contributed by atoms with van der Waals surface area (Å²) in [7, 11) is -1.55. The number of ether oxygens (including phenoxy) is 1. The molecular weight excluding hydrogens is 282 g/mol. The minimum Gasteiger partial charge on any atom is -0.479 e. The van der Waals surface area contributed by atoms with Gasteiger partial charge in [-0.2, -0.15) is 4.98 Å². The number of nitrogens with two attached hydrogens (primary N) is 1. The first-order valence-corrected chi connectivity index (χ1v) is 8.07. The van der Waals surface area contributed by atoms with Crippen molar-refractivity contribution < 1.29 is 13.2 Å². The molecule has 2 aromatic rings. The van der Waals surface area contributed by atoms with E-state index in [0.717, 1.165) is 6.42 Å². The maximum Gasteiger partial charge on any atom is 0.245 e. The zero-order valence-electron chi connectivity index (χ0n) is 11.0. The number of fused-ring (bicyclic) bond motifs is 1. The molecule has 3 rings (SSSR count). The summed E-state index contributed by atoms with van der Waals surface area (Å²) in [6.45, 7) is 0. The van der Waals surface area contributed by atoms with Gasteiger partial charge in [-0.1, -0.05) is 0 Å². The molecule has 2 aromatic heterocycles. The van der Waals surface area contributed by atoms with Crippen LogP contribution in [0.5, 0.6) is 5.88 Å². The molecule has 1 atom stereocenters.